The van der Waals surface area contributed by atoms with Crippen LogP contribution < -0.4 is 5.73 Å². The van der Waals surface area contributed by atoms with E-state index in [0.29, 0.717) is 0 Å². The highest BCUT2D eigenvalue weighted by molar-refractivity contribution is 5.82. The maximum atomic E-state index is 6.47. The number of aromatic nitrogens is 2. The molecule has 0 aliphatic rings. The molecule has 0 aliphatic heterocycles. The van der Waals surface area contributed by atoms with Crippen molar-refractivity contribution >= 4 is 10.9 Å². The molecule has 0 fully saturated rings. The summed E-state index contributed by atoms with van der Waals surface area (Å²) in [7, 11) is 0. The first-order chi connectivity index (χ1) is 9.66. The van der Waals surface area contributed by atoms with Crippen LogP contribution in [0.4, 0.5) is 0 Å². The first-order valence-electron chi connectivity index (χ1n) is 6.70. The van der Waals surface area contributed by atoms with Gasteiger partial charge in [-0.05, 0) is 43.2 Å². The molecule has 2 N–H and O–H groups in total. The maximum Gasteiger partial charge on any atom is 0.0705 e. The molecule has 100 valence electrons. The Morgan fingerprint density at radius 2 is 1.80 bits per heavy atom. The van der Waals surface area contributed by atoms with Crippen LogP contribution in [0, 0.1) is 13.8 Å². The average molecular weight is 263 g/mol. The number of hydrogen-bond acceptors (Lipinski definition) is 3. The molecule has 3 aromatic rings. The zero-order chi connectivity index (χ0) is 14.1. The number of nitrogens with two attached hydrogens (primary N) is 1. The summed E-state index contributed by atoms with van der Waals surface area (Å²) in [5.74, 6) is 0. The zero-order valence-corrected chi connectivity index (χ0v) is 11.7. The molecule has 0 amide bonds. The Kier molecular flexibility index (Phi) is 3.20. The van der Waals surface area contributed by atoms with Crippen molar-refractivity contribution in [3.8, 4) is 0 Å². The number of rotatable bonds is 2. The molecule has 3 rings (SSSR count). The summed E-state index contributed by atoms with van der Waals surface area (Å²) < 4.78 is 0. The summed E-state index contributed by atoms with van der Waals surface area (Å²) in [4.78, 5) is 8.89. The van der Waals surface area contributed by atoms with Gasteiger partial charge < -0.3 is 5.73 Å². The van der Waals surface area contributed by atoms with Crippen molar-refractivity contribution in [1.29, 1.82) is 0 Å². The molecule has 2 heterocycles. The predicted molar refractivity (Wildman–Crippen MR) is 81.5 cm³/mol. The van der Waals surface area contributed by atoms with Gasteiger partial charge in [-0.15, -0.1) is 0 Å². The summed E-state index contributed by atoms with van der Waals surface area (Å²) in [6.07, 6.45) is 1.80. The molecular formula is C17H17N3. The summed E-state index contributed by atoms with van der Waals surface area (Å²) >= 11 is 0. The van der Waals surface area contributed by atoms with E-state index in [1.165, 1.54) is 0 Å². The fourth-order valence-electron chi connectivity index (χ4n) is 2.59. The number of aryl methyl sites for hydroxylation is 2. The van der Waals surface area contributed by atoms with Gasteiger partial charge in [-0.3, -0.25) is 9.97 Å². The lowest BCUT2D eigenvalue weighted by Crippen LogP contribution is -2.14. The Hall–Kier alpha value is -2.26. The van der Waals surface area contributed by atoms with E-state index < -0.39 is 0 Å². The third-order valence-corrected chi connectivity index (χ3v) is 3.62. The van der Waals surface area contributed by atoms with Gasteiger partial charge in [-0.25, -0.2) is 0 Å². The van der Waals surface area contributed by atoms with Crippen molar-refractivity contribution in [2.45, 2.75) is 19.9 Å². The first-order valence-corrected chi connectivity index (χ1v) is 6.70. The third kappa shape index (κ3) is 2.17. The number of hydrogen-bond donors (Lipinski definition) is 1. The van der Waals surface area contributed by atoms with Crippen LogP contribution in [-0.2, 0) is 0 Å². The summed E-state index contributed by atoms with van der Waals surface area (Å²) in [6, 6.07) is 14.0. The van der Waals surface area contributed by atoms with Crippen molar-refractivity contribution in [3.05, 3.63) is 71.2 Å². The molecule has 1 atom stereocenters. The van der Waals surface area contributed by atoms with Gasteiger partial charge in [0.25, 0.3) is 0 Å². The van der Waals surface area contributed by atoms with Crippen LogP contribution >= 0.6 is 0 Å². The van der Waals surface area contributed by atoms with E-state index in [1.807, 2.05) is 38.1 Å². The van der Waals surface area contributed by atoms with Crippen LogP contribution in [0.15, 0.2) is 48.7 Å². The highest BCUT2D eigenvalue weighted by Crippen LogP contribution is 2.27. The van der Waals surface area contributed by atoms with Gasteiger partial charge in [0.15, 0.2) is 0 Å². The molecule has 2 aromatic heterocycles. The van der Waals surface area contributed by atoms with Crippen LogP contribution in [0.3, 0.4) is 0 Å². The van der Waals surface area contributed by atoms with Gasteiger partial charge in [0.05, 0.1) is 11.6 Å². The zero-order valence-electron chi connectivity index (χ0n) is 11.7. The lowest BCUT2D eigenvalue weighted by atomic mass is 9.95. The standard InChI is InChI=1S/C17H17N3/c1-11-8-9-13(12(2)20-11)17(18)15-5-3-7-16-14(15)6-4-10-19-16/h3-10,17H,18H2,1-2H3. The predicted octanol–water partition coefficient (Wildman–Crippen LogP) is 3.29. The number of fused-ring (bicyclic) bond motifs is 1. The van der Waals surface area contributed by atoms with E-state index in [0.717, 1.165) is 33.4 Å². The molecule has 1 aromatic carbocycles. The van der Waals surface area contributed by atoms with Crippen molar-refractivity contribution in [1.82, 2.24) is 9.97 Å². The highest BCUT2D eigenvalue weighted by Gasteiger charge is 2.15. The van der Waals surface area contributed by atoms with Gasteiger partial charge in [-0.2, -0.15) is 0 Å². The third-order valence-electron chi connectivity index (χ3n) is 3.62. The maximum absolute atomic E-state index is 6.47. The van der Waals surface area contributed by atoms with Gasteiger partial charge in [-0.1, -0.05) is 24.3 Å². The normalized spacial score (nSPS) is 12.6. The van der Waals surface area contributed by atoms with Crippen molar-refractivity contribution < 1.29 is 0 Å². The minimum absolute atomic E-state index is 0.184. The minimum Gasteiger partial charge on any atom is -0.320 e. The Labute approximate surface area is 118 Å². The molecule has 3 heteroatoms. The molecule has 0 radical (unpaired) electrons. The van der Waals surface area contributed by atoms with Crippen LogP contribution in [0.1, 0.15) is 28.6 Å². The smallest absolute Gasteiger partial charge is 0.0705 e. The molecule has 3 nitrogen and oxygen atoms in total. The highest BCUT2D eigenvalue weighted by atomic mass is 14.7. The molecule has 20 heavy (non-hydrogen) atoms. The fraction of sp³-hybridized carbons (Fsp3) is 0.176. The largest absolute Gasteiger partial charge is 0.320 e. The summed E-state index contributed by atoms with van der Waals surface area (Å²) in [5.41, 5.74) is 11.6. The first kappa shape index (κ1) is 12.8. The molecule has 0 spiro atoms. The monoisotopic (exact) mass is 263 g/mol. The molecule has 0 saturated carbocycles. The van der Waals surface area contributed by atoms with Gasteiger partial charge in [0.2, 0.25) is 0 Å². The number of benzene rings is 1. The number of pyridine rings is 2. The van der Waals surface area contributed by atoms with Crippen LogP contribution in [0.5, 0.6) is 0 Å². The van der Waals surface area contributed by atoms with E-state index in [9.17, 15) is 0 Å². The SMILES string of the molecule is Cc1ccc(C(N)c2cccc3ncccc23)c(C)n1. The van der Waals surface area contributed by atoms with Crippen LogP contribution in [-0.4, -0.2) is 9.97 Å². The fourth-order valence-corrected chi connectivity index (χ4v) is 2.59. The van der Waals surface area contributed by atoms with E-state index in [-0.39, 0.29) is 6.04 Å². The molecule has 0 aliphatic carbocycles. The second kappa shape index (κ2) is 5.02. The number of nitrogens with zero attached hydrogens (tertiary/aromatic N) is 2. The quantitative estimate of drug-likeness (QED) is 0.771. The molecule has 0 saturated heterocycles. The minimum atomic E-state index is -0.184. The Balaban J connectivity index is 2.15. The molecular weight excluding hydrogens is 246 g/mol. The Morgan fingerprint density at radius 1 is 0.950 bits per heavy atom. The van der Waals surface area contributed by atoms with Gasteiger partial charge in [0, 0.05) is 23.0 Å². The van der Waals surface area contributed by atoms with Crippen molar-refractivity contribution in [2.24, 2.45) is 5.73 Å². The Bertz CT molecular complexity index is 760. The summed E-state index contributed by atoms with van der Waals surface area (Å²) in [6.45, 7) is 4.00. The van der Waals surface area contributed by atoms with E-state index in [1.54, 1.807) is 6.20 Å². The summed E-state index contributed by atoms with van der Waals surface area (Å²) in [5, 5.41) is 1.10. The van der Waals surface area contributed by atoms with Gasteiger partial charge in [0.1, 0.15) is 0 Å². The van der Waals surface area contributed by atoms with E-state index >= 15 is 0 Å². The van der Waals surface area contributed by atoms with Crippen LogP contribution in [0.25, 0.3) is 10.9 Å². The van der Waals surface area contributed by atoms with Crippen LogP contribution in [0.2, 0.25) is 0 Å². The topological polar surface area (TPSA) is 51.8 Å². The second-order valence-corrected chi connectivity index (χ2v) is 5.02. The van der Waals surface area contributed by atoms with Crippen molar-refractivity contribution in [3.63, 3.8) is 0 Å². The molecule has 1 unspecified atom stereocenters. The lowest BCUT2D eigenvalue weighted by molar-refractivity contribution is 0.851. The van der Waals surface area contributed by atoms with Crippen molar-refractivity contribution in [2.75, 3.05) is 0 Å². The average Bonchev–Trinajstić information content (AvgIpc) is 2.46. The lowest BCUT2D eigenvalue weighted by Gasteiger charge is -2.17. The van der Waals surface area contributed by atoms with E-state index in [4.69, 9.17) is 5.73 Å². The Morgan fingerprint density at radius 3 is 2.60 bits per heavy atom. The molecule has 0 bridgehead atoms. The van der Waals surface area contributed by atoms with E-state index in [2.05, 4.69) is 28.2 Å². The second-order valence-electron chi connectivity index (χ2n) is 5.02. The van der Waals surface area contributed by atoms with Gasteiger partial charge >= 0.3 is 0 Å².